The number of aromatic amines is 1. The molecule has 0 spiro atoms. The Kier molecular flexibility index (Phi) is 3.99. The van der Waals surface area contributed by atoms with Crippen LogP contribution in [0, 0.1) is 17.5 Å². The molecule has 0 fully saturated rings. The number of nitrogens with zero attached hydrogens (tertiary/aromatic N) is 1. The monoisotopic (exact) mass is 282 g/mol. The van der Waals surface area contributed by atoms with E-state index in [1.165, 1.54) is 6.07 Å². The molecule has 0 amide bonds. The van der Waals surface area contributed by atoms with Gasteiger partial charge in [0.2, 0.25) is 0 Å². The Bertz CT molecular complexity index is 675. The molecule has 0 bridgehead atoms. The van der Waals surface area contributed by atoms with Gasteiger partial charge in [-0.25, -0.2) is 4.39 Å². The minimum Gasteiger partial charge on any atom is -0.466 e. The number of hydrogen-bond acceptors (Lipinski definition) is 3. The van der Waals surface area contributed by atoms with Crippen LogP contribution in [0.4, 0.5) is 4.39 Å². The lowest BCUT2D eigenvalue weighted by Crippen LogP contribution is -2.09. The van der Waals surface area contributed by atoms with Gasteiger partial charge in [0.05, 0.1) is 24.1 Å². The maximum Gasteiger partial charge on any atom is 0.307 e. The Labute approximate surface area is 115 Å². The number of esters is 1. The van der Waals surface area contributed by atoms with Crippen molar-refractivity contribution < 1.29 is 13.9 Å². The van der Waals surface area contributed by atoms with Crippen LogP contribution in [0.15, 0.2) is 12.1 Å². The summed E-state index contributed by atoms with van der Waals surface area (Å²) in [5, 5.41) is 0. The Morgan fingerprint density at radius 1 is 1.53 bits per heavy atom. The van der Waals surface area contributed by atoms with Gasteiger partial charge < -0.3 is 14.3 Å². The van der Waals surface area contributed by atoms with E-state index in [0.29, 0.717) is 29.0 Å². The van der Waals surface area contributed by atoms with Crippen LogP contribution in [0.25, 0.3) is 11.0 Å². The summed E-state index contributed by atoms with van der Waals surface area (Å²) in [5.41, 5.74) is 1.98. The van der Waals surface area contributed by atoms with Crippen molar-refractivity contribution in [1.29, 1.82) is 0 Å². The third-order valence-corrected chi connectivity index (χ3v) is 3.22. The van der Waals surface area contributed by atoms with Crippen LogP contribution in [-0.2, 0) is 16.1 Å². The topological polar surface area (TPSA) is 47.0 Å². The zero-order valence-corrected chi connectivity index (χ0v) is 11.6. The number of imidazole rings is 1. The number of carbonyl (C=O) groups excluding carboxylic acids is 1. The van der Waals surface area contributed by atoms with Crippen molar-refractivity contribution in [3.8, 4) is 0 Å². The van der Waals surface area contributed by atoms with Gasteiger partial charge in [-0.05, 0) is 43.8 Å². The fourth-order valence-corrected chi connectivity index (χ4v) is 2.24. The first-order valence-electron chi connectivity index (χ1n) is 6.07. The van der Waals surface area contributed by atoms with E-state index in [9.17, 15) is 9.18 Å². The number of hydrogen-bond donors (Lipinski definition) is 1. The summed E-state index contributed by atoms with van der Waals surface area (Å²) in [6.45, 7) is 4.24. The van der Waals surface area contributed by atoms with Crippen LogP contribution < -0.4 is 0 Å². The van der Waals surface area contributed by atoms with Crippen LogP contribution in [0.2, 0.25) is 0 Å². The van der Waals surface area contributed by atoms with Gasteiger partial charge >= 0.3 is 5.97 Å². The van der Waals surface area contributed by atoms with Crippen molar-refractivity contribution in [1.82, 2.24) is 9.55 Å². The van der Waals surface area contributed by atoms with Gasteiger partial charge in [-0.15, -0.1) is 0 Å². The van der Waals surface area contributed by atoms with E-state index < -0.39 is 0 Å². The first kappa shape index (κ1) is 13.7. The second-order valence-electron chi connectivity index (χ2n) is 4.26. The highest BCUT2D eigenvalue weighted by atomic mass is 32.1. The molecule has 1 aromatic heterocycles. The lowest BCUT2D eigenvalue weighted by molar-refractivity contribution is -0.143. The molecule has 102 valence electrons. The van der Waals surface area contributed by atoms with Crippen molar-refractivity contribution in [2.45, 2.75) is 26.8 Å². The SMILES string of the molecule is CCOC(=O)CCn1c(=S)[nH]c2cc(F)c(C)cc21. The average Bonchev–Trinajstić information content (AvgIpc) is 2.63. The molecule has 0 atom stereocenters. The Morgan fingerprint density at radius 2 is 2.26 bits per heavy atom. The van der Waals surface area contributed by atoms with E-state index in [2.05, 4.69) is 4.98 Å². The summed E-state index contributed by atoms with van der Waals surface area (Å²) in [4.78, 5) is 14.3. The number of fused-ring (bicyclic) bond motifs is 1. The lowest BCUT2D eigenvalue weighted by atomic mass is 10.2. The number of nitrogens with one attached hydrogen (secondary N) is 1. The van der Waals surface area contributed by atoms with Crippen LogP contribution in [0.5, 0.6) is 0 Å². The Morgan fingerprint density at radius 3 is 2.95 bits per heavy atom. The summed E-state index contributed by atoms with van der Waals surface area (Å²) < 4.78 is 20.6. The van der Waals surface area contributed by atoms with Crippen molar-refractivity contribution in [3.05, 3.63) is 28.3 Å². The normalized spacial score (nSPS) is 10.9. The van der Waals surface area contributed by atoms with Crippen LogP contribution in [0.1, 0.15) is 18.9 Å². The van der Waals surface area contributed by atoms with Crippen LogP contribution in [-0.4, -0.2) is 22.1 Å². The molecule has 0 radical (unpaired) electrons. The molecule has 0 aliphatic carbocycles. The summed E-state index contributed by atoms with van der Waals surface area (Å²) >= 11 is 5.19. The van der Waals surface area contributed by atoms with Crippen LogP contribution in [0.3, 0.4) is 0 Å². The maximum atomic E-state index is 13.5. The zero-order valence-electron chi connectivity index (χ0n) is 10.8. The van der Waals surface area contributed by atoms with Gasteiger partial charge in [-0.3, -0.25) is 4.79 Å². The van der Waals surface area contributed by atoms with E-state index in [1.54, 1.807) is 24.5 Å². The van der Waals surface area contributed by atoms with Gasteiger partial charge in [-0.2, -0.15) is 0 Å². The fourth-order valence-electron chi connectivity index (χ4n) is 1.94. The van der Waals surface area contributed by atoms with Crippen molar-refractivity contribution in [2.75, 3.05) is 6.61 Å². The second kappa shape index (κ2) is 5.52. The number of rotatable bonds is 4. The predicted molar refractivity (Wildman–Crippen MR) is 73.1 cm³/mol. The number of H-pyrrole nitrogens is 1. The third-order valence-electron chi connectivity index (χ3n) is 2.90. The molecule has 19 heavy (non-hydrogen) atoms. The smallest absolute Gasteiger partial charge is 0.307 e. The molecule has 0 saturated heterocycles. The summed E-state index contributed by atoms with van der Waals surface area (Å²) in [5.74, 6) is -0.543. The summed E-state index contributed by atoms with van der Waals surface area (Å²) in [6, 6.07) is 3.14. The van der Waals surface area contributed by atoms with E-state index in [-0.39, 0.29) is 18.2 Å². The fraction of sp³-hybridized carbons (Fsp3) is 0.385. The zero-order chi connectivity index (χ0) is 14.0. The van der Waals surface area contributed by atoms with Gasteiger partial charge in [0.25, 0.3) is 0 Å². The molecule has 0 aliphatic heterocycles. The van der Waals surface area contributed by atoms with Crippen molar-refractivity contribution in [2.24, 2.45) is 0 Å². The number of carbonyl (C=O) groups is 1. The quantitative estimate of drug-likeness (QED) is 0.692. The maximum absolute atomic E-state index is 13.5. The molecule has 0 saturated carbocycles. The number of halogens is 1. The van der Waals surface area contributed by atoms with Gasteiger partial charge in [-0.1, -0.05) is 0 Å². The van der Waals surface area contributed by atoms with E-state index in [1.807, 2.05) is 0 Å². The molecule has 2 rings (SSSR count). The third kappa shape index (κ3) is 2.84. The van der Waals surface area contributed by atoms with Crippen molar-refractivity contribution in [3.63, 3.8) is 0 Å². The summed E-state index contributed by atoms with van der Waals surface area (Å²) in [6.07, 6.45) is 0.242. The van der Waals surface area contributed by atoms with E-state index >= 15 is 0 Å². The Balaban J connectivity index is 2.32. The van der Waals surface area contributed by atoms with Crippen molar-refractivity contribution >= 4 is 29.2 Å². The molecule has 2 aromatic rings. The van der Waals surface area contributed by atoms with E-state index in [4.69, 9.17) is 17.0 Å². The molecular formula is C13H15FN2O2S. The highest BCUT2D eigenvalue weighted by Gasteiger charge is 2.10. The highest BCUT2D eigenvalue weighted by molar-refractivity contribution is 7.71. The van der Waals surface area contributed by atoms with Gasteiger partial charge in [0.1, 0.15) is 5.82 Å². The first-order valence-corrected chi connectivity index (χ1v) is 6.48. The highest BCUT2D eigenvalue weighted by Crippen LogP contribution is 2.19. The molecule has 6 heteroatoms. The van der Waals surface area contributed by atoms with Crippen LogP contribution >= 0.6 is 12.2 Å². The standard InChI is InChI=1S/C13H15FN2O2S/c1-3-18-12(17)4-5-16-11-6-8(2)9(14)7-10(11)15-13(16)19/h6-7H,3-5H2,1-2H3,(H,15,19). The van der Waals surface area contributed by atoms with Gasteiger partial charge in [0, 0.05) is 6.54 Å². The first-order chi connectivity index (χ1) is 9.02. The number of benzene rings is 1. The minimum atomic E-state index is -0.277. The number of aromatic nitrogens is 2. The van der Waals surface area contributed by atoms with Gasteiger partial charge in [0.15, 0.2) is 4.77 Å². The number of aryl methyl sites for hydroxylation is 2. The minimum absolute atomic E-state index is 0.242. The molecule has 0 aliphatic rings. The molecular weight excluding hydrogens is 267 g/mol. The number of ether oxygens (including phenoxy) is 1. The lowest BCUT2D eigenvalue weighted by Gasteiger charge is -2.05. The largest absolute Gasteiger partial charge is 0.466 e. The summed E-state index contributed by atoms with van der Waals surface area (Å²) in [7, 11) is 0. The molecule has 4 nitrogen and oxygen atoms in total. The molecule has 1 N–H and O–H groups in total. The molecule has 1 aromatic carbocycles. The second-order valence-corrected chi connectivity index (χ2v) is 4.64. The average molecular weight is 282 g/mol. The Hall–Kier alpha value is -1.69. The molecule has 0 unspecified atom stereocenters. The molecule has 1 heterocycles. The predicted octanol–water partition coefficient (Wildman–Crippen LogP) is 3.10. The van der Waals surface area contributed by atoms with E-state index in [0.717, 1.165) is 5.52 Å².